The van der Waals surface area contributed by atoms with Gasteiger partial charge >= 0.3 is 16.1 Å². The molecule has 0 amide bonds. The molecule has 0 atom stereocenters. The zero-order chi connectivity index (χ0) is 25.0. The second kappa shape index (κ2) is 9.77. The number of rotatable bonds is 8. The minimum atomic E-state index is -4.54. The molecular weight excluding hydrogens is 476 g/mol. The van der Waals surface area contributed by atoms with E-state index in [4.69, 9.17) is 13.7 Å². The average molecular weight is 494 g/mol. The average Bonchev–Trinajstić information content (AvgIpc) is 3.21. The number of hydrogen-bond donors (Lipinski definition) is 0. The van der Waals surface area contributed by atoms with Crippen LogP contribution in [0.4, 0.5) is 5.69 Å². The molecule has 0 aliphatic carbocycles. The maximum Gasteiger partial charge on any atom is 0.363 e. The van der Waals surface area contributed by atoms with Gasteiger partial charge in [0.05, 0.1) is 11.5 Å². The Hall–Kier alpha value is -4.51. The summed E-state index contributed by atoms with van der Waals surface area (Å²) in [6.45, 7) is 1.87. The van der Waals surface area contributed by atoms with Gasteiger partial charge in [-0.05, 0) is 48.9 Å². The number of para-hydroxylation sites is 1. The molecule has 3 aromatic carbocycles. The van der Waals surface area contributed by atoms with Crippen molar-refractivity contribution in [2.45, 2.75) is 11.8 Å². The fourth-order valence-electron chi connectivity index (χ4n) is 3.21. The lowest BCUT2D eigenvalue weighted by Gasteiger charge is -2.12. The highest BCUT2D eigenvalue weighted by Gasteiger charge is 2.28. The maximum absolute atomic E-state index is 12.8. The molecule has 1 heterocycles. The van der Waals surface area contributed by atoms with Crippen LogP contribution in [0.15, 0.2) is 88.4 Å². The van der Waals surface area contributed by atoms with E-state index in [1.807, 2.05) is 6.07 Å². The van der Waals surface area contributed by atoms with E-state index in [1.165, 1.54) is 36.4 Å². The molecule has 1 aliphatic heterocycles. The molecule has 35 heavy (non-hydrogen) atoms. The van der Waals surface area contributed by atoms with Crippen molar-refractivity contribution < 1.29 is 31.8 Å². The van der Waals surface area contributed by atoms with Crippen LogP contribution in [0.2, 0.25) is 0 Å². The second-order valence-electron chi connectivity index (χ2n) is 7.10. The number of nitro groups is 1. The van der Waals surface area contributed by atoms with Crippen LogP contribution in [0.5, 0.6) is 11.5 Å². The molecule has 178 valence electrons. The molecule has 0 aromatic heterocycles. The number of aliphatic imine (C=N–C) groups is 1. The lowest BCUT2D eigenvalue weighted by molar-refractivity contribution is -0.387. The van der Waals surface area contributed by atoms with Gasteiger partial charge in [-0.3, -0.25) is 10.1 Å². The van der Waals surface area contributed by atoms with E-state index in [1.54, 1.807) is 31.2 Å². The Morgan fingerprint density at radius 1 is 1.03 bits per heavy atom. The van der Waals surface area contributed by atoms with E-state index in [0.717, 1.165) is 12.1 Å². The lowest BCUT2D eigenvalue weighted by atomic mass is 10.1. The Balaban J connectivity index is 1.66. The van der Waals surface area contributed by atoms with E-state index >= 15 is 0 Å². The first-order valence-corrected chi connectivity index (χ1v) is 11.7. The predicted octanol–water partition coefficient (Wildman–Crippen LogP) is 4.11. The molecule has 11 heteroatoms. The summed E-state index contributed by atoms with van der Waals surface area (Å²) in [4.78, 5) is 26.4. The molecule has 0 saturated heterocycles. The summed E-state index contributed by atoms with van der Waals surface area (Å²) in [7, 11) is -4.54. The molecule has 0 unspecified atom stereocenters. The van der Waals surface area contributed by atoms with Crippen LogP contribution in [0.25, 0.3) is 6.08 Å². The van der Waals surface area contributed by atoms with Gasteiger partial charge in [-0.25, -0.2) is 9.79 Å². The van der Waals surface area contributed by atoms with Crippen LogP contribution in [-0.2, 0) is 19.6 Å². The predicted molar refractivity (Wildman–Crippen MR) is 126 cm³/mol. The number of cyclic esters (lactones) is 1. The summed E-state index contributed by atoms with van der Waals surface area (Å²) in [6, 6.07) is 18.1. The number of carbonyl (C=O) groups excluding carboxylic acids is 1. The van der Waals surface area contributed by atoms with Crippen molar-refractivity contribution in [2.24, 2.45) is 4.99 Å². The number of benzene rings is 3. The van der Waals surface area contributed by atoms with Crippen molar-refractivity contribution in [1.29, 1.82) is 0 Å². The fraction of sp³-hybridized carbons (Fsp3) is 0.0833. The van der Waals surface area contributed by atoms with E-state index in [9.17, 15) is 23.3 Å². The highest BCUT2D eigenvalue weighted by atomic mass is 32.2. The normalized spacial score (nSPS) is 14.4. The van der Waals surface area contributed by atoms with Gasteiger partial charge in [-0.1, -0.05) is 36.4 Å². The fourth-order valence-corrected chi connectivity index (χ4v) is 4.31. The van der Waals surface area contributed by atoms with Crippen molar-refractivity contribution >= 4 is 33.7 Å². The molecule has 0 fully saturated rings. The van der Waals surface area contributed by atoms with E-state index in [2.05, 4.69) is 4.99 Å². The summed E-state index contributed by atoms with van der Waals surface area (Å²) in [5.41, 5.74) is 0.545. The number of nitrogens with zero attached hydrogens (tertiary/aromatic N) is 2. The van der Waals surface area contributed by atoms with E-state index < -0.39 is 31.6 Å². The van der Waals surface area contributed by atoms with Crippen LogP contribution < -0.4 is 8.92 Å². The van der Waals surface area contributed by atoms with Crippen molar-refractivity contribution in [2.75, 3.05) is 6.61 Å². The quantitative estimate of drug-likeness (QED) is 0.150. The van der Waals surface area contributed by atoms with Gasteiger partial charge < -0.3 is 13.7 Å². The van der Waals surface area contributed by atoms with Crippen molar-refractivity contribution in [1.82, 2.24) is 0 Å². The van der Waals surface area contributed by atoms with Crippen LogP contribution in [0.1, 0.15) is 18.1 Å². The number of nitro benzene ring substituents is 1. The largest absolute Gasteiger partial charge is 0.490 e. The van der Waals surface area contributed by atoms with Crippen molar-refractivity contribution in [3.63, 3.8) is 0 Å². The van der Waals surface area contributed by atoms with Crippen LogP contribution >= 0.6 is 0 Å². The molecule has 3 aromatic rings. The number of carbonyl (C=O) groups is 1. The number of ether oxygens (including phenoxy) is 2. The first kappa shape index (κ1) is 23.6. The van der Waals surface area contributed by atoms with Crippen LogP contribution in [0.3, 0.4) is 0 Å². The SMILES string of the molecule is CCOc1cc(C=C2N=C(c3ccccc3)OC2=O)ccc1OS(=O)(=O)c1ccccc1[N+](=O)[O-]. The minimum Gasteiger partial charge on any atom is -0.490 e. The van der Waals surface area contributed by atoms with Gasteiger partial charge in [0.2, 0.25) is 5.90 Å². The third-order valence-electron chi connectivity index (χ3n) is 4.74. The summed E-state index contributed by atoms with van der Waals surface area (Å²) in [6.07, 6.45) is 1.46. The summed E-state index contributed by atoms with van der Waals surface area (Å²) >= 11 is 0. The molecule has 0 radical (unpaired) electrons. The first-order chi connectivity index (χ1) is 16.8. The zero-order valence-corrected chi connectivity index (χ0v) is 19.1. The van der Waals surface area contributed by atoms with Crippen LogP contribution in [-0.4, -0.2) is 31.8 Å². The maximum atomic E-state index is 12.8. The van der Waals surface area contributed by atoms with Gasteiger partial charge in [0, 0.05) is 11.6 Å². The summed E-state index contributed by atoms with van der Waals surface area (Å²) in [5, 5.41) is 11.2. The molecule has 0 bridgehead atoms. The Kier molecular flexibility index (Phi) is 6.60. The second-order valence-corrected chi connectivity index (χ2v) is 8.62. The third-order valence-corrected chi connectivity index (χ3v) is 6.03. The minimum absolute atomic E-state index is 0.0486. The molecule has 0 spiro atoms. The Morgan fingerprint density at radius 2 is 1.74 bits per heavy atom. The Bertz CT molecular complexity index is 1460. The van der Waals surface area contributed by atoms with Gasteiger partial charge in [0.1, 0.15) is 0 Å². The lowest BCUT2D eigenvalue weighted by Crippen LogP contribution is -2.12. The molecule has 10 nitrogen and oxygen atoms in total. The van der Waals surface area contributed by atoms with Crippen molar-refractivity contribution in [3.05, 3.63) is 99.7 Å². The Morgan fingerprint density at radius 3 is 2.46 bits per heavy atom. The standard InChI is InChI=1S/C24H18N2O8S/c1-2-32-21-15-16(14-18-24(27)33-23(25-18)17-8-4-3-5-9-17)12-13-20(21)34-35(30,31)22-11-7-6-10-19(22)26(28)29/h3-15H,2H2,1H3. The molecule has 0 N–H and O–H groups in total. The summed E-state index contributed by atoms with van der Waals surface area (Å²) in [5.74, 6) is -0.583. The monoisotopic (exact) mass is 494 g/mol. The highest BCUT2D eigenvalue weighted by molar-refractivity contribution is 7.87. The molecule has 1 aliphatic rings. The number of hydrogen-bond acceptors (Lipinski definition) is 9. The molecule has 4 rings (SSSR count). The molecule has 0 saturated carbocycles. The van der Waals surface area contributed by atoms with E-state index in [-0.39, 0.29) is 29.7 Å². The number of esters is 1. The van der Waals surface area contributed by atoms with Crippen LogP contribution in [0, 0.1) is 10.1 Å². The summed E-state index contributed by atoms with van der Waals surface area (Å²) < 4.78 is 41.5. The zero-order valence-electron chi connectivity index (χ0n) is 18.3. The van der Waals surface area contributed by atoms with E-state index in [0.29, 0.717) is 11.1 Å². The van der Waals surface area contributed by atoms with Gasteiger partial charge in [0.15, 0.2) is 22.1 Å². The van der Waals surface area contributed by atoms with Gasteiger partial charge in [0.25, 0.3) is 5.69 Å². The third kappa shape index (κ3) is 5.20. The smallest absolute Gasteiger partial charge is 0.363 e. The topological polar surface area (TPSA) is 134 Å². The van der Waals surface area contributed by atoms with Gasteiger partial charge in [-0.2, -0.15) is 8.42 Å². The molecular formula is C24H18N2O8S. The Labute approximate surface area is 200 Å². The first-order valence-electron chi connectivity index (χ1n) is 10.3. The highest BCUT2D eigenvalue weighted by Crippen LogP contribution is 2.34. The van der Waals surface area contributed by atoms with Crippen molar-refractivity contribution in [3.8, 4) is 11.5 Å². The van der Waals surface area contributed by atoms with Gasteiger partial charge in [-0.15, -0.1) is 0 Å².